The van der Waals surface area contributed by atoms with E-state index in [1.54, 1.807) is 12.2 Å². The first-order valence-corrected chi connectivity index (χ1v) is 26.8. The molecule has 0 bridgehead atoms. The van der Waals surface area contributed by atoms with Crippen LogP contribution in [0.2, 0.25) is 5.02 Å². The highest BCUT2D eigenvalue weighted by Crippen LogP contribution is 2.31. The number of halogens is 1. The lowest BCUT2D eigenvalue weighted by molar-refractivity contribution is -0.129. The van der Waals surface area contributed by atoms with E-state index in [-0.39, 0.29) is 39.1 Å². The van der Waals surface area contributed by atoms with Gasteiger partial charge < -0.3 is 28.4 Å². The normalized spacial score (nSPS) is 11.2. The molecule has 0 N–H and O–H groups in total. The highest BCUT2D eigenvalue weighted by Gasteiger charge is 2.16. The highest BCUT2D eigenvalue weighted by molar-refractivity contribution is 6.32. The van der Waals surface area contributed by atoms with Crippen molar-refractivity contribution in [3.8, 4) is 34.5 Å². The van der Waals surface area contributed by atoms with Crippen molar-refractivity contribution in [1.82, 2.24) is 0 Å². The maximum atomic E-state index is 13.1. The van der Waals surface area contributed by atoms with Gasteiger partial charge in [-0.3, -0.25) is 0 Å². The maximum Gasteiger partial charge on any atom is 0.343 e. The molecule has 0 fully saturated rings. The average Bonchev–Trinajstić information content (AvgIpc) is 3.40. The molecule has 0 aliphatic carbocycles. The number of carbonyl (C=O) groups is 4. The van der Waals surface area contributed by atoms with Crippen LogP contribution in [0.15, 0.2) is 127 Å². The quantitative estimate of drug-likeness (QED) is 0.0170. The van der Waals surface area contributed by atoms with E-state index in [9.17, 15) is 19.2 Å². The fraction of sp³-hybridized carbons (Fsp3) is 0.387. The van der Waals surface area contributed by atoms with Crippen LogP contribution in [0, 0.1) is 0 Å². The number of unbranched alkanes of at least 4 members (excludes halogenated alkanes) is 18. The summed E-state index contributed by atoms with van der Waals surface area (Å²) < 4.78 is 33.7. The number of ether oxygens (including phenoxy) is 6. The lowest BCUT2D eigenvalue weighted by Gasteiger charge is -2.10. The molecule has 0 saturated carbocycles. The second-order valence-corrected chi connectivity index (χ2v) is 18.5. The number of esters is 4. The fourth-order valence-corrected chi connectivity index (χ4v) is 7.96. The van der Waals surface area contributed by atoms with Gasteiger partial charge in [0.15, 0.2) is 5.75 Å². The second-order valence-electron chi connectivity index (χ2n) is 18.1. The van der Waals surface area contributed by atoms with Crippen LogP contribution in [0.1, 0.15) is 174 Å². The first-order valence-electron chi connectivity index (χ1n) is 26.4. The summed E-state index contributed by atoms with van der Waals surface area (Å²) in [6.07, 6.45) is 31.5. The molecular weight excluding hydrogens is 940 g/mol. The third kappa shape index (κ3) is 23.2. The summed E-state index contributed by atoms with van der Waals surface area (Å²) in [6.45, 7) is 5.86. The minimum absolute atomic E-state index is 0.0366. The number of carbonyl (C=O) groups excluding carboxylic acids is 4. The standard InChI is InChI=1S/C62H73ClO10/c1-3-5-7-9-11-13-15-17-19-21-45-68-52-33-23-48(24-34-52)27-43-59(64)70-54-37-29-50(30-38-54)61(66)72-56-41-42-57(63)58(47-56)73-62(67)51-31-39-55(40-32-51)71-60(65)44-28-49-25-35-53(36-26-49)69-46-22-20-18-16-14-12-10-8-6-4-2/h23-44,47H,3-22,45-46H2,1-2H3/b43-27+,44-28+. The van der Waals surface area contributed by atoms with Crippen LogP contribution in [0.5, 0.6) is 34.5 Å². The van der Waals surface area contributed by atoms with Crippen LogP contribution in [0.25, 0.3) is 12.2 Å². The summed E-state index contributed by atoms with van der Waals surface area (Å²) in [6, 6.07) is 31.0. The van der Waals surface area contributed by atoms with Crippen LogP contribution >= 0.6 is 11.6 Å². The third-order valence-corrected chi connectivity index (χ3v) is 12.4. The van der Waals surface area contributed by atoms with Crippen molar-refractivity contribution in [2.45, 2.75) is 142 Å². The molecule has 0 aromatic heterocycles. The SMILES string of the molecule is CCCCCCCCCCCCOc1ccc(/C=C/C(=O)Oc2ccc(C(=O)Oc3ccc(Cl)c(OC(=O)c4ccc(OC(=O)/C=C/c5ccc(OCCCCCCCCCCCC)cc5)cc4)c3)cc2)cc1. The maximum absolute atomic E-state index is 13.1. The third-order valence-electron chi connectivity index (χ3n) is 12.0. The van der Waals surface area contributed by atoms with E-state index in [0.717, 1.165) is 35.5 Å². The summed E-state index contributed by atoms with van der Waals surface area (Å²) in [5.41, 5.74) is 1.98. The van der Waals surface area contributed by atoms with Gasteiger partial charge in [-0.05, 0) is 121 Å². The molecule has 388 valence electrons. The predicted molar refractivity (Wildman–Crippen MR) is 291 cm³/mol. The Morgan fingerprint density at radius 2 is 0.726 bits per heavy atom. The highest BCUT2D eigenvalue weighted by atomic mass is 35.5. The van der Waals surface area contributed by atoms with Gasteiger partial charge in [-0.15, -0.1) is 0 Å². The molecule has 73 heavy (non-hydrogen) atoms. The van der Waals surface area contributed by atoms with Gasteiger partial charge in [0.25, 0.3) is 0 Å². The average molecular weight is 1010 g/mol. The zero-order valence-electron chi connectivity index (χ0n) is 42.8. The van der Waals surface area contributed by atoms with Crippen molar-refractivity contribution >= 4 is 47.6 Å². The molecule has 0 aliphatic rings. The van der Waals surface area contributed by atoms with Crippen LogP contribution in [0.4, 0.5) is 0 Å². The zero-order chi connectivity index (χ0) is 51.7. The van der Waals surface area contributed by atoms with Crippen molar-refractivity contribution in [1.29, 1.82) is 0 Å². The van der Waals surface area contributed by atoms with Crippen LogP contribution in [-0.2, 0) is 9.59 Å². The number of benzene rings is 5. The van der Waals surface area contributed by atoms with Gasteiger partial charge in [0.05, 0.1) is 29.4 Å². The molecule has 0 unspecified atom stereocenters. The first kappa shape index (κ1) is 57.3. The zero-order valence-corrected chi connectivity index (χ0v) is 43.6. The number of hydrogen-bond acceptors (Lipinski definition) is 10. The predicted octanol–water partition coefficient (Wildman–Crippen LogP) is 16.6. The van der Waals surface area contributed by atoms with Crippen LogP contribution in [-0.4, -0.2) is 37.1 Å². The summed E-state index contributed by atoms with van der Waals surface area (Å²) in [5.74, 6) is -0.527. The summed E-state index contributed by atoms with van der Waals surface area (Å²) in [7, 11) is 0. The molecule has 5 aromatic rings. The van der Waals surface area contributed by atoms with E-state index >= 15 is 0 Å². The Labute approximate surface area is 438 Å². The van der Waals surface area contributed by atoms with Gasteiger partial charge in [-0.1, -0.05) is 165 Å². The molecule has 0 spiro atoms. The summed E-state index contributed by atoms with van der Waals surface area (Å²) in [4.78, 5) is 51.2. The van der Waals surface area contributed by atoms with Gasteiger partial charge in [0.1, 0.15) is 28.7 Å². The summed E-state index contributed by atoms with van der Waals surface area (Å²) >= 11 is 6.33. The Kier molecular flexibility index (Phi) is 26.6. The van der Waals surface area contributed by atoms with Gasteiger partial charge in [-0.2, -0.15) is 0 Å². The van der Waals surface area contributed by atoms with Crippen molar-refractivity contribution in [2.24, 2.45) is 0 Å². The number of rotatable bonds is 34. The topological polar surface area (TPSA) is 124 Å². The van der Waals surface area contributed by atoms with Crippen molar-refractivity contribution in [2.75, 3.05) is 13.2 Å². The van der Waals surface area contributed by atoms with Gasteiger partial charge >= 0.3 is 23.9 Å². The Hall–Kier alpha value is -6.65. The molecule has 11 heteroatoms. The summed E-state index contributed by atoms with van der Waals surface area (Å²) in [5, 5.41) is 0.109. The van der Waals surface area contributed by atoms with Crippen LogP contribution in [0.3, 0.4) is 0 Å². The molecular formula is C62H73ClO10. The second kappa shape index (κ2) is 33.9. The van der Waals surface area contributed by atoms with Gasteiger partial charge in [-0.25, -0.2) is 19.2 Å². The Morgan fingerprint density at radius 1 is 0.384 bits per heavy atom. The minimum Gasteiger partial charge on any atom is -0.494 e. The Bertz CT molecular complexity index is 2460. The number of hydrogen-bond donors (Lipinski definition) is 0. The first-order chi connectivity index (χ1) is 35.7. The van der Waals surface area contributed by atoms with Crippen molar-refractivity contribution in [3.05, 3.63) is 155 Å². The minimum atomic E-state index is -0.739. The molecule has 5 aromatic carbocycles. The van der Waals surface area contributed by atoms with Gasteiger partial charge in [0, 0.05) is 18.2 Å². The lowest BCUT2D eigenvalue weighted by Crippen LogP contribution is -2.11. The Balaban J connectivity index is 0.974. The lowest BCUT2D eigenvalue weighted by atomic mass is 10.1. The van der Waals surface area contributed by atoms with Crippen LogP contribution < -0.4 is 28.4 Å². The molecule has 0 radical (unpaired) electrons. The van der Waals surface area contributed by atoms with Gasteiger partial charge in [0.2, 0.25) is 0 Å². The monoisotopic (exact) mass is 1010 g/mol. The fourth-order valence-electron chi connectivity index (χ4n) is 7.81. The van der Waals surface area contributed by atoms with E-state index in [0.29, 0.717) is 13.2 Å². The molecule has 0 atom stereocenters. The largest absolute Gasteiger partial charge is 0.494 e. The molecule has 0 saturated heterocycles. The Morgan fingerprint density at radius 3 is 1.12 bits per heavy atom. The van der Waals surface area contributed by atoms with E-state index in [1.807, 2.05) is 48.5 Å². The van der Waals surface area contributed by atoms with E-state index in [4.69, 9.17) is 40.0 Å². The molecule has 0 aliphatic heterocycles. The van der Waals surface area contributed by atoms with Crippen molar-refractivity contribution in [3.63, 3.8) is 0 Å². The van der Waals surface area contributed by atoms with E-state index in [1.165, 1.54) is 194 Å². The van der Waals surface area contributed by atoms with E-state index < -0.39 is 23.9 Å². The van der Waals surface area contributed by atoms with Crippen molar-refractivity contribution < 1.29 is 47.6 Å². The molecule has 0 amide bonds. The van der Waals surface area contributed by atoms with E-state index in [2.05, 4.69) is 13.8 Å². The molecule has 10 nitrogen and oxygen atoms in total. The molecule has 0 heterocycles. The molecule has 5 rings (SSSR count). The smallest absolute Gasteiger partial charge is 0.343 e.